The van der Waals surface area contributed by atoms with E-state index in [9.17, 15) is 9.90 Å². The zero-order valence-corrected chi connectivity index (χ0v) is 23.7. The van der Waals surface area contributed by atoms with E-state index in [1.807, 2.05) is 36.4 Å². The molecule has 1 aliphatic heterocycles. The molecule has 2 N–H and O–H groups in total. The van der Waals surface area contributed by atoms with Crippen molar-refractivity contribution in [2.45, 2.75) is 38.4 Å². The maximum Gasteiger partial charge on any atom is 0.303 e. The molecule has 0 spiro atoms. The molecule has 2 aromatic carbocycles. The van der Waals surface area contributed by atoms with Crippen molar-refractivity contribution in [2.75, 3.05) is 57.2 Å². The van der Waals surface area contributed by atoms with Gasteiger partial charge in [0.05, 0.1) is 35.2 Å². The van der Waals surface area contributed by atoms with Gasteiger partial charge in [0, 0.05) is 44.2 Å². The number of carbonyl (C=O) groups is 1. The number of aliphatic hydroxyl groups is 1. The molecule has 0 saturated carbocycles. The van der Waals surface area contributed by atoms with Crippen LogP contribution >= 0.6 is 34.8 Å². The summed E-state index contributed by atoms with van der Waals surface area (Å²) in [6.07, 6.45) is -1.07. The maximum atomic E-state index is 11.2. The van der Waals surface area contributed by atoms with Gasteiger partial charge in [0.15, 0.2) is 5.75 Å². The van der Waals surface area contributed by atoms with E-state index in [-0.39, 0.29) is 12.5 Å². The number of morpholine rings is 1. The lowest BCUT2D eigenvalue weighted by molar-refractivity contribution is -0.146. The van der Waals surface area contributed by atoms with Gasteiger partial charge in [-0.05, 0) is 35.4 Å². The summed E-state index contributed by atoms with van der Waals surface area (Å²) in [6.45, 7) is 9.77. The van der Waals surface area contributed by atoms with Crippen molar-refractivity contribution in [2.24, 2.45) is 0 Å². The van der Waals surface area contributed by atoms with Crippen LogP contribution in [0.3, 0.4) is 0 Å². The van der Waals surface area contributed by atoms with E-state index in [1.54, 1.807) is 0 Å². The predicted octanol–water partition coefficient (Wildman–Crippen LogP) is 4.97. The number of hydrogen-bond donors (Lipinski definition) is 2. The highest BCUT2D eigenvalue weighted by atomic mass is 35.5. The molecule has 204 valence electrons. The molecule has 37 heavy (non-hydrogen) atoms. The Balaban J connectivity index is 1.62. The second-order valence-corrected chi connectivity index (χ2v) is 10.7. The zero-order chi connectivity index (χ0) is 27.0. The van der Waals surface area contributed by atoms with Crippen molar-refractivity contribution in [3.8, 4) is 5.75 Å². The summed E-state index contributed by atoms with van der Waals surface area (Å²) >= 11 is 18.9. The molecule has 1 aliphatic rings. The number of aliphatic hydroxyl groups excluding tert-OH is 1. The Morgan fingerprint density at radius 2 is 1.76 bits per heavy atom. The van der Waals surface area contributed by atoms with Crippen LogP contribution in [0.5, 0.6) is 5.75 Å². The molecule has 0 aliphatic carbocycles. The molecule has 0 radical (unpaired) electrons. The number of nitrogens with zero attached hydrogens (tertiary/aromatic N) is 1. The second-order valence-electron chi connectivity index (χ2n) is 9.62. The van der Waals surface area contributed by atoms with E-state index < -0.39 is 23.6 Å². The summed E-state index contributed by atoms with van der Waals surface area (Å²) in [6, 6.07) is 11.8. The number of β-amino-alcohol motifs (C(OH)–C–C–N with tert-alkyl or cyclic N) is 1. The summed E-state index contributed by atoms with van der Waals surface area (Å²) in [5.41, 5.74) is 2.54. The molecule has 2 atom stereocenters. The summed E-state index contributed by atoms with van der Waals surface area (Å²) < 4.78 is 16.2. The average Bonchev–Trinajstić information content (AvgIpc) is 2.86. The van der Waals surface area contributed by atoms with Crippen LogP contribution in [0.25, 0.3) is 0 Å². The average molecular weight is 574 g/mol. The number of halogens is 3. The molecular formula is C27H35Cl3N2O5. The molecule has 0 bridgehead atoms. The van der Waals surface area contributed by atoms with Crippen LogP contribution in [0.2, 0.25) is 10.0 Å². The van der Waals surface area contributed by atoms with Crippen LogP contribution < -0.4 is 10.1 Å². The number of esters is 1. The van der Waals surface area contributed by atoms with Gasteiger partial charge in [-0.15, -0.1) is 11.6 Å². The number of anilines is 1. The Morgan fingerprint density at radius 3 is 2.32 bits per heavy atom. The van der Waals surface area contributed by atoms with Crippen molar-refractivity contribution in [1.29, 1.82) is 0 Å². The number of alkyl halides is 1. The minimum atomic E-state index is -0.602. The first kappa shape index (κ1) is 29.8. The summed E-state index contributed by atoms with van der Waals surface area (Å²) in [4.78, 5) is 13.4. The Kier molecular flexibility index (Phi) is 11.2. The maximum absolute atomic E-state index is 11.2. The van der Waals surface area contributed by atoms with E-state index in [2.05, 4.69) is 24.1 Å². The Hall–Kier alpha value is -1.74. The van der Waals surface area contributed by atoms with Gasteiger partial charge in [-0.1, -0.05) is 49.2 Å². The summed E-state index contributed by atoms with van der Waals surface area (Å²) in [5, 5.41) is 14.4. The molecular weight excluding hydrogens is 539 g/mol. The van der Waals surface area contributed by atoms with E-state index in [1.165, 1.54) is 6.92 Å². The molecule has 10 heteroatoms. The number of rotatable bonds is 12. The molecule has 1 heterocycles. The third-order valence-electron chi connectivity index (χ3n) is 6.36. The minimum Gasteiger partial charge on any atom is -0.487 e. The number of carbonyl (C=O) groups excluding carboxylic acids is 1. The van der Waals surface area contributed by atoms with Gasteiger partial charge in [0.25, 0.3) is 0 Å². The first-order valence-electron chi connectivity index (χ1n) is 12.3. The van der Waals surface area contributed by atoms with Crippen LogP contribution in [-0.4, -0.2) is 80.1 Å². The molecule has 1 fully saturated rings. The number of hydrogen-bond acceptors (Lipinski definition) is 7. The summed E-state index contributed by atoms with van der Waals surface area (Å²) in [5.74, 6) is -0.0216. The molecule has 0 unspecified atom stereocenters. The van der Waals surface area contributed by atoms with Gasteiger partial charge in [-0.3, -0.25) is 9.69 Å². The van der Waals surface area contributed by atoms with Gasteiger partial charge in [0.1, 0.15) is 12.7 Å². The lowest BCUT2D eigenvalue weighted by atomic mass is 9.78. The molecule has 1 saturated heterocycles. The topological polar surface area (TPSA) is 80.3 Å². The lowest BCUT2D eigenvalue weighted by Crippen LogP contribution is -2.42. The molecule has 0 aromatic heterocycles. The fourth-order valence-corrected chi connectivity index (χ4v) is 4.88. The van der Waals surface area contributed by atoms with Crippen molar-refractivity contribution < 1.29 is 24.1 Å². The minimum absolute atomic E-state index is 0.0425. The quantitative estimate of drug-likeness (QED) is 0.274. The smallest absolute Gasteiger partial charge is 0.303 e. The predicted molar refractivity (Wildman–Crippen MR) is 149 cm³/mol. The number of benzene rings is 2. The highest BCUT2D eigenvalue weighted by Crippen LogP contribution is 2.40. The van der Waals surface area contributed by atoms with Crippen molar-refractivity contribution >= 4 is 46.5 Å². The Labute approximate surface area is 233 Å². The Morgan fingerprint density at radius 1 is 1.14 bits per heavy atom. The number of ether oxygens (including phenoxy) is 3. The third kappa shape index (κ3) is 8.63. The van der Waals surface area contributed by atoms with E-state index >= 15 is 0 Å². The van der Waals surface area contributed by atoms with Gasteiger partial charge in [-0.25, -0.2) is 0 Å². The largest absolute Gasteiger partial charge is 0.487 e. The molecule has 7 nitrogen and oxygen atoms in total. The number of nitrogens with one attached hydrogen (secondary N) is 1. The monoisotopic (exact) mass is 572 g/mol. The molecule has 3 rings (SSSR count). The fraction of sp³-hybridized carbons (Fsp3) is 0.519. The van der Waals surface area contributed by atoms with Crippen molar-refractivity contribution in [3.63, 3.8) is 0 Å². The first-order valence-corrected chi connectivity index (χ1v) is 13.6. The van der Waals surface area contributed by atoms with Gasteiger partial charge >= 0.3 is 5.97 Å². The standard InChI is InChI=1S/C27H35Cl3N2O5/c1-18(33)37-23(14-28)17-36-26-24(29)12-20(13-25(26)30)27(2,3)19-4-6-21(7-5-19)31-15-22(34)16-32-8-10-35-11-9-32/h4-7,12-13,22-23,31,34H,8-11,14-17H2,1-3H3/t22-,23-/m1/s1. The van der Waals surface area contributed by atoms with Gasteiger partial charge in [-0.2, -0.15) is 0 Å². The summed E-state index contributed by atoms with van der Waals surface area (Å²) in [7, 11) is 0. The van der Waals surface area contributed by atoms with Crippen LogP contribution in [0.15, 0.2) is 36.4 Å². The van der Waals surface area contributed by atoms with Crippen LogP contribution in [0.1, 0.15) is 31.9 Å². The Bertz CT molecular complexity index is 1010. The van der Waals surface area contributed by atoms with Crippen LogP contribution in [0.4, 0.5) is 5.69 Å². The lowest BCUT2D eigenvalue weighted by Gasteiger charge is -2.29. The first-order chi connectivity index (χ1) is 17.6. The van der Waals surface area contributed by atoms with Gasteiger partial charge < -0.3 is 24.6 Å². The van der Waals surface area contributed by atoms with E-state index in [0.717, 1.165) is 29.9 Å². The van der Waals surface area contributed by atoms with Gasteiger partial charge in [0.2, 0.25) is 0 Å². The van der Waals surface area contributed by atoms with Crippen LogP contribution in [-0.2, 0) is 19.7 Å². The van der Waals surface area contributed by atoms with Crippen molar-refractivity contribution in [1.82, 2.24) is 4.90 Å². The SMILES string of the molecule is CC(=O)O[C@H](CCl)COc1c(Cl)cc(C(C)(C)c2ccc(NC[C@@H](O)CN3CCOCC3)cc2)cc1Cl. The van der Waals surface area contributed by atoms with E-state index in [0.29, 0.717) is 42.1 Å². The zero-order valence-electron chi connectivity index (χ0n) is 21.4. The van der Waals surface area contributed by atoms with E-state index in [4.69, 9.17) is 49.0 Å². The van der Waals surface area contributed by atoms with Crippen molar-refractivity contribution in [3.05, 3.63) is 57.6 Å². The third-order valence-corrected chi connectivity index (χ3v) is 7.27. The van der Waals surface area contributed by atoms with Crippen LogP contribution in [0, 0.1) is 0 Å². The normalized spacial score (nSPS) is 16.2. The second kappa shape index (κ2) is 13.9. The highest BCUT2D eigenvalue weighted by molar-refractivity contribution is 6.37. The fourth-order valence-electron chi connectivity index (χ4n) is 4.13. The molecule has 2 aromatic rings. The molecule has 0 amide bonds. The highest BCUT2D eigenvalue weighted by Gasteiger charge is 2.26.